The third kappa shape index (κ3) is 5.71. The molecule has 3 rings (SSSR count). The number of primary amides is 1. The summed E-state index contributed by atoms with van der Waals surface area (Å²) in [7, 11) is 1.70. The SMILES string of the molecule is CN=C(NCCc1c[nH]c2ccc(F)cc12)NCc1cccc(OCC(N)=O)c1. The van der Waals surface area contributed by atoms with Gasteiger partial charge in [0.1, 0.15) is 11.6 Å². The van der Waals surface area contributed by atoms with Crippen LogP contribution >= 0.6 is 0 Å². The van der Waals surface area contributed by atoms with Gasteiger partial charge < -0.3 is 26.1 Å². The number of nitrogens with one attached hydrogen (secondary N) is 3. The number of rotatable bonds is 8. The average molecular weight is 397 g/mol. The molecule has 8 heteroatoms. The first-order valence-electron chi connectivity index (χ1n) is 9.25. The number of halogens is 1. The molecule has 1 aromatic heterocycles. The van der Waals surface area contributed by atoms with Gasteiger partial charge in [-0.05, 0) is 47.9 Å². The summed E-state index contributed by atoms with van der Waals surface area (Å²) < 4.78 is 18.8. The normalized spacial score (nSPS) is 11.4. The molecule has 0 unspecified atom stereocenters. The number of hydrogen-bond acceptors (Lipinski definition) is 3. The molecule has 0 atom stereocenters. The van der Waals surface area contributed by atoms with Crippen LogP contribution in [0.5, 0.6) is 5.75 Å². The monoisotopic (exact) mass is 397 g/mol. The lowest BCUT2D eigenvalue weighted by Crippen LogP contribution is -2.37. The summed E-state index contributed by atoms with van der Waals surface area (Å²) in [5.41, 5.74) is 8.03. The van der Waals surface area contributed by atoms with Gasteiger partial charge in [-0.25, -0.2) is 4.39 Å². The predicted octanol–water partition coefficient (Wildman–Crippen LogP) is 2.08. The number of amides is 1. The standard InChI is InChI=1S/C21H24FN5O2/c1-24-21(27-11-14-3-2-4-17(9-14)29-13-20(23)28)25-8-7-15-12-26-19-6-5-16(22)10-18(15)19/h2-6,9-10,12,26H,7-8,11,13H2,1H3,(H2,23,28)(H2,24,25,27). The van der Waals surface area contributed by atoms with Crippen LogP contribution in [0.1, 0.15) is 11.1 Å². The minimum absolute atomic E-state index is 0.155. The van der Waals surface area contributed by atoms with Gasteiger partial charge in [0.15, 0.2) is 12.6 Å². The number of nitrogens with two attached hydrogens (primary N) is 1. The zero-order chi connectivity index (χ0) is 20.6. The minimum atomic E-state index is -0.518. The number of aromatic amines is 1. The van der Waals surface area contributed by atoms with Gasteiger partial charge in [-0.1, -0.05) is 12.1 Å². The molecule has 3 aromatic rings. The first-order valence-corrected chi connectivity index (χ1v) is 9.25. The van der Waals surface area contributed by atoms with Crippen molar-refractivity contribution < 1.29 is 13.9 Å². The van der Waals surface area contributed by atoms with Gasteiger partial charge in [-0.2, -0.15) is 0 Å². The molecule has 0 aliphatic carbocycles. The van der Waals surface area contributed by atoms with E-state index in [1.165, 1.54) is 6.07 Å². The number of guanidine groups is 1. The second kappa shape index (κ2) is 9.59. The van der Waals surface area contributed by atoms with Crippen molar-refractivity contribution in [2.75, 3.05) is 20.2 Å². The fraction of sp³-hybridized carbons (Fsp3) is 0.238. The molecule has 0 saturated heterocycles. The maximum absolute atomic E-state index is 13.5. The van der Waals surface area contributed by atoms with Crippen molar-refractivity contribution in [1.29, 1.82) is 0 Å². The van der Waals surface area contributed by atoms with Gasteiger partial charge in [0, 0.05) is 37.2 Å². The number of benzene rings is 2. The Bertz CT molecular complexity index is 1020. The number of H-pyrrole nitrogens is 1. The lowest BCUT2D eigenvalue weighted by Gasteiger charge is -2.12. The Morgan fingerprint density at radius 2 is 2.10 bits per heavy atom. The van der Waals surface area contributed by atoms with Crippen LogP contribution in [0.3, 0.4) is 0 Å². The van der Waals surface area contributed by atoms with Crippen molar-refractivity contribution in [2.24, 2.45) is 10.7 Å². The molecule has 5 N–H and O–H groups in total. The van der Waals surface area contributed by atoms with E-state index in [-0.39, 0.29) is 12.4 Å². The van der Waals surface area contributed by atoms with Crippen molar-refractivity contribution in [1.82, 2.24) is 15.6 Å². The van der Waals surface area contributed by atoms with E-state index in [2.05, 4.69) is 20.6 Å². The number of carbonyl (C=O) groups is 1. The summed E-state index contributed by atoms with van der Waals surface area (Å²) in [6, 6.07) is 12.1. The van der Waals surface area contributed by atoms with E-state index in [0.717, 1.165) is 28.5 Å². The van der Waals surface area contributed by atoms with Crippen LogP contribution in [0.25, 0.3) is 10.9 Å². The number of nitrogens with zero attached hydrogens (tertiary/aromatic N) is 1. The Balaban J connectivity index is 1.50. The Morgan fingerprint density at radius 3 is 2.90 bits per heavy atom. The quantitative estimate of drug-likeness (QED) is 0.345. The molecule has 7 nitrogen and oxygen atoms in total. The van der Waals surface area contributed by atoms with Gasteiger partial charge in [0.2, 0.25) is 0 Å². The molecule has 152 valence electrons. The van der Waals surface area contributed by atoms with E-state index >= 15 is 0 Å². The topological polar surface area (TPSA) is 105 Å². The third-order valence-corrected chi connectivity index (χ3v) is 4.38. The van der Waals surface area contributed by atoms with Crippen LogP contribution in [0, 0.1) is 5.82 Å². The highest BCUT2D eigenvalue weighted by atomic mass is 19.1. The van der Waals surface area contributed by atoms with E-state index in [9.17, 15) is 9.18 Å². The number of ether oxygens (including phenoxy) is 1. The summed E-state index contributed by atoms with van der Waals surface area (Å²) >= 11 is 0. The summed E-state index contributed by atoms with van der Waals surface area (Å²) in [6.07, 6.45) is 2.63. The number of hydrogen-bond donors (Lipinski definition) is 4. The molecule has 0 fully saturated rings. The van der Waals surface area contributed by atoms with Crippen LogP contribution < -0.4 is 21.1 Å². The van der Waals surface area contributed by atoms with Gasteiger partial charge in [-0.3, -0.25) is 9.79 Å². The van der Waals surface area contributed by atoms with Crippen molar-refractivity contribution in [2.45, 2.75) is 13.0 Å². The highest BCUT2D eigenvalue weighted by Crippen LogP contribution is 2.19. The Labute approximate surface area is 168 Å². The number of carbonyl (C=O) groups excluding carboxylic acids is 1. The van der Waals surface area contributed by atoms with Crippen LogP contribution in [0.2, 0.25) is 0 Å². The summed E-state index contributed by atoms with van der Waals surface area (Å²) in [4.78, 5) is 18.2. The van der Waals surface area contributed by atoms with Crippen LogP contribution in [0.4, 0.5) is 4.39 Å². The fourth-order valence-corrected chi connectivity index (χ4v) is 2.98. The van der Waals surface area contributed by atoms with Gasteiger partial charge in [0.25, 0.3) is 5.91 Å². The Morgan fingerprint density at radius 1 is 1.24 bits per heavy atom. The van der Waals surface area contributed by atoms with E-state index < -0.39 is 5.91 Å². The predicted molar refractivity (Wildman–Crippen MR) is 111 cm³/mol. The number of aromatic nitrogens is 1. The van der Waals surface area contributed by atoms with Crippen LogP contribution in [-0.2, 0) is 17.8 Å². The smallest absolute Gasteiger partial charge is 0.255 e. The molecule has 0 aliphatic heterocycles. The van der Waals surface area contributed by atoms with E-state index in [1.54, 1.807) is 25.2 Å². The van der Waals surface area contributed by atoms with Gasteiger partial charge in [0.05, 0.1) is 0 Å². The summed E-state index contributed by atoms with van der Waals surface area (Å²) in [6.45, 7) is 1.02. The lowest BCUT2D eigenvalue weighted by atomic mass is 10.1. The summed E-state index contributed by atoms with van der Waals surface area (Å²) in [5, 5.41) is 7.37. The molecule has 2 aromatic carbocycles. The summed E-state index contributed by atoms with van der Waals surface area (Å²) in [5.74, 6) is 0.471. The molecule has 29 heavy (non-hydrogen) atoms. The molecule has 0 bridgehead atoms. The maximum Gasteiger partial charge on any atom is 0.255 e. The van der Waals surface area contributed by atoms with Gasteiger partial charge >= 0.3 is 0 Å². The van der Waals surface area contributed by atoms with Crippen molar-refractivity contribution in [3.8, 4) is 5.75 Å². The maximum atomic E-state index is 13.5. The van der Waals surface area contributed by atoms with Crippen molar-refractivity contribution >= 4 is 22.8 Å². The third-order valence-electron chi connectivity index (χ3n) is 4.38. The second-order valence-corrected chi connectivity index (χ2v) is 6.51. The molecule has 1 amide bonds. The molecule has 0 aliphatic rings. The Kier molecular flexibility index (Phi) is 6.67. The molecular weight excluding hydrogens is 373 g/mol. The van der Waals surface area contributed by atoms with Crippen LogP contribution in [0.15, 0.2) is 53.7 Å². The fourth-order valence-electron chi connectivity index (χ4n) is 2.98. The zero-order valence-electron chi connectivity index (χ0n) is 16.2. The van der Waals surface area contributed by atoms with E-state index in [4.69, 9.17) is 10.5 Å². The molecule has 0 radical (unpaired) electrons. The number of fused-ring (bicyclic) bond motifs is 1. The largest absolute Gasteiger partial charge is 0.484 e. The molecule has 1 heterocycles. The van der Waals surface area contributed by atoms with Crippen molar-refractivity contribution in [3.63, 3.8) is 0 Å². The minimum Gasteiger partial charge on any atom is -0.484 e. The molecule has 0 spiro atoms. The zero-order valence-corrected chi connectivity index (χ0v) is 16.2. The first-order chi connectivity index (χ1) is 14.0. The Hall–Kier alpha value is -3.55. The molecule has 0 saturated carbocycles. The van der Waals surface area contributed by atoms with Crippen LogP contribution in [-0.4, -0.2) is 37.1 Å². The average Bonchev–Trinajstić information content (AvgIpc) is 3.11. The van der Waals surface area contributed by atoms with Crippen molar-refractivity contribution in [3.05, 3.63) is 65.6 Å². The first kappa shape index (κ1) is 20.2. The van der Waals surface area contributed by atoms with E-state index in [0.29, 0.717) is 24.8 Å². The lowest BCUT2D eigenvalue weighted by molar-refractivity contribution is -0.119. The van der Waals surface area contributed by atoms with Gasteiger partial charge in [-0.15, -0.1) is 0 Å². The highest BCUT2D eigenvalue weighted by Gasteiger charge is 2.06. The number of aliphatic imine (C=N–C) groups is 1. The highest BCUT2D eigenvalue weighted by molar-refractivity contribution is 5.83. The van der Waals surface area contributed by atoms with E-state index in [1.807, 2.05) is 24.4 Å². The second-order valence-electron chi connectivity index (χ2n) is 6.51. The molecular formula is C21H24FN5O2.